The lowest BCUT2D eigenvalue weighted by Crippen LogP contribution is -2.77. The summed E-state index contributed by atoms with van der Waals surface area (Å²) in [5.41, 5.74) is -7.71. The van der Waals surface area contributed by atoms with Crippen LogP contribution >= 0.6 is 11.6 Å². The molecule has 0 saturated carbocycles. The Labute approximate surface area is 190 Å². The quantitative estimate of drug-likeness (QED) is 0.526. The number of esters is 1. The molecule has 9 heteroatoms. The summed E-state index contributed by atoms with van der Waals surface area (Å²) in [6.45, 7) is 8.31. The van der Waals surface area contributed by atoms with Crippen LogP contribution in [0.15, 0.2) is 45.9 Å². The minimum atomic E-state index is -2.55. The van der Waals surface area contributed by atoms with Gasteiger partial charge in [0.15, 0.2) is 5.60 Å². The van der Waals surface area contributed by atoms with Gasteiger partial charge < -0.3 is 29.5 Å². The largest absolute Gasteiger partial charge is 0.455 e. The highest BCUT2D eigenvalue weighted by molar-refractivity contribution is 6.45. The lowest BCUT2D eigenvalue weighted by Gasteiger charge is -2.56. The van der Waals surface area contributed by atoms with Crippen molar-refractivity contribution >= 4 is 23.4 Å². The van der Waals surface area contributed by atoms with Gasteiger partial charge in [-0.25, -0.2) is 4.79 Å². The third-order valence-electron chi connectivity index (χ3n) is 7.11. The fraction of sp³-hybridized carbons (Fsp3) is 0.565. The van der Waals surface area contributed by atoms with Gasteiger partial charge >= 0.3 is 5.97 Å². The smallest absolute Gasteiger partial charge is 0.341 e. The van der Waals surface area contributed by atoms with Crippen molar-refractivity contribution in [3.05, 3.63) is 45.9 Å². The second-order valence-electron chi connectivity index (χ2n) is 9.08. The summed E-state index contributed by atoms with van der Waals surface area (Å²) in [5.74, 6) is -2.28. The molecule has 7 atom stereocenters. The zero-order valence-corrected chi connectivity index (χ0v) is 19.3. The molecule has 0 aromatic heterocycles. The molecule has 1 aliphatic carbocycles. The van der Waals surface area contributed by atoms with E-state index in [9.17, 15) is 24.9 Å². The fourth-order valence-corrected chi connectivity index (χ4v) is 4.99. The Morgan fingerprint density at radius 3 is 2.47 bits per heavy atom. The first-order chi connectivity index (χ1) is 14.8. The van der Waals surface area contributed by atoms with E-state index in [1.807, 2.05) is 19.9 Å². The third kappa shape index (κ3) is 2.61. The van der Waals surface area contributed by atoms with Crippen LogP contribution in [0.2, 0.25) is 0 Å². The second-order valence-corrected chi connectivity index (χ2v) is 9.46. The molecule has 4 rings (SSSR count). The van der Waals surface area contributed by atoms with Crippen LogP contribution in [0.25, 0.3) is 0 Å². The highest BCUT2D eigenvalue weighted by atomic mass is 35.5. The predicted molar refractivity (Wildman–Crippen MR) is 113 cm³/mol. The van der Waals surface area contributed by atoms with Gasteiger partial charge in [0.2, 0.25) is 17.0 Å². The third-order valence-corrected chi connectivity index (χ3v) is 7.48. The van der Waals surface area contributed by atoms with Crippen molar-refractivity contribution < 1.29 is 39.1 Å². The number of hydrogen-bond donors (Lipinski definition) is 3. The highest BCUT2D eigenvalue weighted by Crippen LogP contribution is 2.62. The molecule has 32 heavy (non-hydrogen) atoms. The number of Topliss-reactive ketones (excluding diaryl/α,β-unsaturated/α-hetero) is 1. The van der Waals surface area contributed by atoms with Gasteiger partial charge in [0.05, 0.1) is 11.1 Å². The van der Waals surface area contributed by atoms with Gasteiger partial charge in [-0.2, -0.15) is 0 Å². The molecule has 0 aromatic rings. The van der Waals surface area contributed by atoms with Crippen molar-refractivity contribution in [2.24, 2.45) is 11.8 Å². The molecule has 3 heterocycles. The number of hydrogen-bond acceptors (Lipinski definition) is 8. The summed E-state index contributed by atoms with van der Waals surface area (Å²) >= 11 is 6.37. The number of aliphatic hydroxyl groups is 3. The molecule has 7 unspecified atom stereocenters. The standard InChI is InChI=1S/C23H27ClO8/c1-6-10(2)7-8-13-9-14-16(24)18(26)21(5)23(29)15(19(27)32-21)17(11(3)12(4)25)31-20(30-13)22(14,23)28/h7-12,20,25,28-29H,6H2,1-5H3. The SMILES string of the molecule is CCC(C)C=CC1=CC2=C(Cl)C(=O)C3(C)OC(=O)C4=C(C(C)C(C)O)OC(O1)C2(O)C43O. The Hall–Kier alpha value is -2.13. The average molecular weight is 467 g/mol. The van der Waals surface area contributed by atoms with Gasteiger partial charge in [-0.05, 0) is 31.9 Å². The fourth-order valence-electron chi connectivity index (χ4n) is 4.61. The molecule has 1 saturated heterocycles. The Bertz CT molecular complexity index is 1020. The Kier molecular flexibility index (Phi) is 5.17. The predicted octanol–water partition coefficient (Wildman–Crippen LogP) is 1.98. The number of aliphatic hydroxyl groups excluding tert-OH is 1. The summed E-state index contributed by atoms with van der Waals surface area (Å²) in [4.78, 5) is 26.1. The zero-order chi connectivity index (χ0) is 23.8. The number of carbonyl (C=O) groups excluding carboxylic acids is 2. The molecule has 1 fully saturated rings. The van der Waals surface area contributed by atoms with Crippen molar-refractivity contribution in [3.8, 4) is 0 Å². The van der Waals surface area contributed by atoms with E-state index in [0.717, 1.165) is 6.42 Å². The maximum atomic E-state index is 13.2. The normalized spacial score (nSPS) is 38.7. The number of ketones is 1. The van der Waals surface area contributed by atoms with Crippen LogP contribution in [-0.4, -0.2) is 56.3 Å². The van der Waals surface area contributed by atoms with Gasteiger partial charge in [0, 0.05) is 11.5 Å². The molecule has 3 aliphatic heterocycles. The first-order valence-electron chi connectivity index (χ1n) is 10.6. The summed E-state index contributed by atoms with van der Waals surface area (Å²) in [6, 6.07) is 0. The van der Waals surface area contributed by atoms with E-state index in [1.54, 1.807) is 13.0 Å². The maximum Gasteiger partial charge on any atom is 0.341 e. The van der Waals surface area contributed by atoms with Crippen LogP contribution in [-0.2, 0) is 23.8 Å². The van der Waals surface area contributed by atoms with Crippen LogP contribution in [0.1, 0.15) is 41.0 Å². The van der Waals surface area contributed by atoms with E-state index in [-0.39, 0.29) is 28.0 Å². The first-order valence-corrected chi connectivity index (χ1v) is 11.0. The molecule has 8 nitrogen and oxygen atoms in total. The Balaban J connectivity index is 2.00. The number of ether oxygens (including phenoxy) is 3. The first kappa shape index (κ1) is 23.0. The number of allylic oxidation sites excluding steroid dienone is 2. The van der Waals surface area contributed by atoms with Crippen molar-refractivity contribution in [2.45, 2.75) is 70.2 Å². The number of rotatable bonds is 5. The zero-order valence-electron chi connectivity index (χ0n) is 18.5. The molecule has 3 N–H and O–H groups in total. The second kappa shape index (κ2) is 7.18. The van der Waals surface area contributed by atoms with Crippen molar-refractivity contribution in [1.82, 2.24) is 0 Å². The van der Waals surface area contributed by atoms with Gasteiger partial charge in [-0.15, -0.1) is 0 Å². The van der Waals surface area contributed by atoms with Crippen LogP contribution < -0.4 is 0 Å². The van der Waals surface area contributed by atoms with Crippen LogP contribution in [0.5, 0.6) is 0 Å². The molecule has 174 valence electrons. The number of halogens is 1. The summed E-state index contributed by atoms with van der Waals surface area (Å²) < 4.78 is 17.1. The van der Waals surface area contributed by atoms with E-state index >= 15 is 0 Å². The van der Waals surface area contributed by atoms with E-state index in [2.05, 4.69) is 0 Å². The van der Waals surface area contributed by atoms with E-state index in [0.29, 0.717) is 0 Å². The molecule has 0 aromatic carbocycles. The van der Waals surface area contributed by atoms with E-state index in [1.165, 1.54) is 19.9 Å². The number of carbonyl (C=O) groups is 2. The Morgan fingerprint density at radius 1 is 1.22 bits per heavy atom. The molecular weight excluding hydrogens is 440 g/mol. The molecule has 0 radical (unpaired) electrons. The molecule has 4 aliphatic rings. The highest BCUT2D eigenvalue weighted by Gasteiger charge is 2.83. The van der Waals surface area contributed by atoms with Crippen molar-refractivity contribution in [3.63, 3.8) is 0 Å². The van der Waals surface area contributed by atoms with Crippen LogP contribution in [0, 0.1) is 11.8 Å². The van der Waals surface area contributed by atoms with E-state index in [4.69, 9.17) is 25.8 Å². The van der Waals surface area contributed by atoms with Crippen molar-refractivity contribution in [2.75, 3.05) is 0 Å². The topological polar surface area (TPSA) is 123 Å². The van der Waals surface area contributed by atoms with Crippen molar-refractivity contribution in [1.29, 1.82) is 0 Å². The minimum absolute atomic E-state index is 0.108. The van der Waals surface area contributed by atoms with Gasteiger partial charge in [0.1, 0.15) is 17.1 Å². The van der Waals surface area contributed by atoms with Crippen LogP contribution in [0.3, 0.4) is 0 Å². The van der Waals surface area contributed by atoms with E-state index < -0.39 is 52.4 Å². The average Bonchev–Trinajstić information content (AvgIpc) is 2.96. The molecule has 0 bridgehead atoms. The van der Waals surface area contributed by atoms with Crippen LogP contribution in [0.4, 0.5) is 0 Å². The minimum Gasteiger partial charge on any atom is -0.455 e. The molecular formula is C23H27ClO8. The van der Waals surface area contributed by atoms with Gasteiger partial charge in [-0.3, -0.25) is 4.79 Å². The lowest BCUT2D eigenvalue weighted by atomic mass is 9.58. The Morgan fingerprint density at radius 2 is 1.88 bits per heavy atom. The lowest BCUT2D eigenvalue weighted by molar-refractivity contribution is -0.288. The summed E-state index contributed by atoms with van der Waals surface area (Å²) in [6.07, 6.45) is 3.27. The molecule has 0 spiro atoms. The summed E-state index contributed by atoms with van der Waals surface area (Å²) in [5, 5.41) is 33.6. The maximum absolute atomic E-state index is 13.2. The van der Waals surface area contributed by atoms with Gasteiger partial charge in [-0.1, -0.05) is 44.9 Å². The summed E-state index contributed by atoms with van der Waals surface area (Å²) in [7, 11) is 0. The monoisotopic (exact) mass is 466 g/mol. The van der Waals surface area contributed by atoms with Gasteiger partial charge in [0.25, 0.3) is 6.29 Å². The molecule has 0 amide bonds.